The Kier molecular flexibility index (Phi) is 7.79. The van der Waals surface area contributed by atoms with Crippen LogP contribution >= 0.6 is 0 Å². The SMILES string of the molecule is CCNC(=NCc1cccnc1N1CCOCC1)NCC(c1ccco1)N1CCCC1. The summed E-state index contributed by atoms with van der Waals surface area (Å²) >= 11 is 0. The molecule has 0 amide bonds. The maximum Gasteiger partial charge on any atom is 0.191 e. The number of aromatic nitrogens is 1. The van der Waals surface area contributed by atoms with Gasteiger partial charge in [-0.25, -0.2) is 9.98 Å². The van der Waals surface area contributed by atoms with E-state index >= 15 is 0 Å². The molecule has 2 aliphatic heterocycles. The molecule has 0 aromatic carbocycles. The highest BCUT2D eigenvalue weighted by Gasteiger charge is 2.25. The second kappa shape index (κ2) is 11.2. The van der Waals surface area contributed by atoms with E-state index in [9.17, 15) is 0 Å². The number of pyridine rings is 1. The third-order valence-corrected chi connectivity index (χ3v) is 5.85. The number of ether oxygens (including phenoxy) is 1. The lowest BCUT2D eigenvalue weighted by Gasteiger charge is -2.29. The molecule has 0 radical (unpaired) electrons. The fourth-order valence-corrected chi connectivity index (χ4v) is 4.26. The Labute approximate surface area is 184 Å². The molecule has 8 heteroatoms. The normalized spacial score (nSPS) is 18.9. The van der Waals surface area contributed by atoms with Gasteiger partial charge in [-0.05, 0) is 51.1 Å². The number of morpholine rings is 1. The van der Waals surface area contributed by atoms with Gasteiger partial charge in [0, 0.05) is 37.9 Å². The maximum absolute atomic E-state index is 5.75. The van der Waals surface area contributed by atoms with Crippen LogP contribution in [0.25, 0.3) is 0 Å². The summed E-state index contributed by atoms with van der Waals surface area (Å²) in [6.07, 6.45) is 6.10. The van der Waals surface area contributed by atoms with Crippen LogP contribution in [-0.4, -0.2) is 68.3 Å². The molecule has 1 atom stereocenters. The second-order valence-electron chi connectivity index (χ2n) is 7.94. The smallest absolute Gasteiger partial charge is 0.191 e. The van der Waals surface area contributed by atoms with E-state index in [0.29, 0.717) is 6.54 Å². The van der Waals surface area contributed by atoms with Crippen LogP contribution in [0.5, 0.6) is 0 Å². The number of nitrogens with zero attached hydrogens (tertiary/aromatic N) is 4. The number of nitrogens with one attached hydrogen (secondary N) is 2. The summed E-state index contributed by atoms with van der Waals surface area (Å²) in [5.74, 6) is 2.83. The minimum atomic E-state index is 0.212. The Hall–Kier alpha value is -2.58. The molecule has 2 N–H and O–H groups in total. The summed E-state index contributed by atoms with van der Waals surface area (Å²) in [6, 6.07) is 8.34. The van der Waals surface area contributed by atoms with E-state index in [-0.39, 0.29) is 6.04 Å². The molecule has 0 aliphatic carbocycles. The van der Waals surface area contributed by atoms with Crippen LogP contribution in [0.15, 0.2) is 46.1 Å². The fourth-order valence-electron chi connectivity index (χ4n) is 4.26. The van der Waals surface area contributed by atoms with Crippen LogP contribution in [0.2, 0.25) is 0 Å². The summed E-state index contributed by atoms with van der Waals surface area (Å²) < 4.78 is 11.2. The first kappa shape index (κ1) is 21.6. The van der Waals surface area contributed by atoms with Gasteiger partial charge in [-0.3, -0.25) is 4.90 Å². The lowest BCUT2D eigenvalue weighted by atomic mass is 10.2. The quantitative estimate of drug-likeness (QED) is 0.496. The zero-order valence-electron chi connectivity index (χ0n) is 18.4. The molecule has 0 bridgehead atoms. The molecular weight excluding hydrogens is 392 g/mol. The van der Waals surface area contributed by atoms with E-state index in [2.05, 4.69) is 44.5 Å². The van der Waals surface area contributed by atoms with E-state index in [1.165, 1.54) is 12.8 Å². The van der Waals surface area contributed by atoms with Gasteiger partial charge in [-0.15, -0.1) is 0 Å². The van der Waals surface area contributed by atoms with Crippen LogP contribution in [0.4, 0.5) is 5.82 Å². The molecular formula is C23H34N6O2. The topological polar surface area (TPSA) is 78.2 Å². The summed E-state index contributed by atoms with van der Waals surface area (Å²) in [5, 5.41) is 6.92. The van der Waals surface area contributed by atoms with Crippen LogP contribution in [0, 0.1) is 0 Å². The van der Waals surface area contributed by atoms with Crippen molar-refractivity contribution in [1.29, 1.82) is 0 Å². The number of hydrogen-bond acceptors (Lipinski definition) is 6. The fraction of sp³-hybridized carbons (Fsp3) is 0.565. The van der Waals surface area contributed by atoms with Gasteiger partial charge in [0.1, 0.15) is 11.6 Å². The average molecular weight is 427 g/mol. The zero-order chi connectivity index (χ0) is 21.3. The largest absolute Gasteiger partial charge is 0.468 e. The molecule has 2 fully saturated rings. The van der Waals surface area contributed by atoms with E-state index < -0.39 is 0 Å². The molecule has 31 heavy (non-hydrogen) atoms. The Bertz CT molecular complexity index is 813. The molecule has 2 aromatic rings. The predicted octanol–water partition coefficient (Wildman–Crippen LogP) is 2.40. The summed E-state index contributed by atoms with van der Waals surface area (Å²) in [7, 11) is 0. The van der Waals surface area contributed by atoms with Crippen molar-refractivity contribution in [2.75, 3.05) is 57.4 Å². The van der Waals surface area contributed by atoms with Crippen molar-refractivity contribution < 1.29 is 9.15 Å². The van der Waals surface area contributed by atoms with Crippen molar-refractivity contribution in [3.05, 3.63) is 48.0 Å². The predicted molar refractivity (Wildman–Crippen MR) is 122 cm³/mol. The third-order valence-electron chi connectivity index (χ3n) is 5.85. The minimum absolute atomic E-state index is 0.212. The Morgan fingerprint density at radius 3 is 2.71 bits per heavy atom. The number of anilines is 1. The van der Waals surface area contributed by atoms with Gasteiger partial charge in [0.15, 0.2) is 5.96 Å². The lowest BCUT2D eigenvalue weighted by Crippen LogP contribution is -2.42. The zero-order valence-corrected chi connectivity index (χ0v) is 18.4. The first-order valence-electron chi connectivity index (χ1n) is 11.4. The van der Waals surface area contributed by atoms with Crippen molar-refractivity contribution in [2.45, 2.75) is 32.4 Å². The molecule has 2 aromatic heterocycles. The van der Waals surface area contributed by atoms with Crippen LogP contribution in [0.1, 0.15) is 37.1 Å². The van der Waals surface area contributed by atoms with Crippen molar-refractivity contribution in [3.8, 4) is 0 Å². The van der Waals surface area contributed by atoms with Crippen LogP contribution in [0.3, 0.4) is 0 Å². The van der Waals surface area contributed by atoms with Crippen LogP contribution < -0.4 is 15.5 Å². The second-order valence-corrected chi connectivity index (χ2v) is 7.94. The average Bonchev–Trinajstić information content (AvgIpc) is 3.54. The van der Waals surface area contributed by atoms with Crippen LogP contribution in [-0.2, 0) is 11.3 Å². The number of furan rings is 1. The lowest BCUT2D eigenvalue weighted by molar-refractivity contribution is 0.122. The van der Waals surface area contributed by atoms with E-state index in [0.717, 1.165) is 75.6 Å². The van der Waals surface area contributed by atoms with Crippen molar-refractivity contribution in [2.24, 2.45) is 4.99 Å². The minimum Gasteiger partial charge on any atom is -0.468 e. The molecule has 8 nitrogen and oxygen atoms in total. The van der Waals surface area contributed by atoms with Gasteiger partial charge < -0.3 is 24.7 Å². The molecule has 1 unspecified atom stereocenters. The first-order valence-corrected chi connectivity index (χ1v) is 11.4. The number of guanidine groups is 1. The standard InChI is InChI=1S/C23H34N6O2/c1-2-24-23(27-18-20(21-8-6-14-31-21)28-10-3-4-11-28)26-17-19-7-5-9-25-22(19)29-12-15-30-16-13-29/h5-9,14,20H,2-4,10-13,15-18H2,1H3,(H2,24,26,27). The van der Waals surface area contributed by atoms with E-state index in [1.807, 2.05) is 18.3 Å². The number of aliphatic imine (C=N–C) groups is 1. The Morgan fingerprint density at radius 2 is 1.97 bits per heavy atom. The van der Waals surface area contributed by atoms with E-state index in [4.69, 9.17) is 14.1 Å². The molecule has 4 rings (SSSR count). The summed E-state index contributed by atoms with van der Waals surface area (Å²) in [4.78, 5) is 14.3. The molecule has 168 valence electrons. The highest BCUT2D eigenvalue weighted by Crippen LogP contribution is 2.25. The summed E-state index contributed by atoms with van der Waals surface area (Å²) in [6.45, 7) is 9.67. The molecule has 0 spiro atoms. The van der Waals surface area contributed by atoms with Crippen molar-refractivity contribution >= 4 is 11.8 Å². The Balaban J connectivity index is 1.44. The molecule has 4 heterocycles. The van der Waals surface area contributed by atoms with Crippen molar-refractivity contribution in [1.82, 2.24) is 20.5 Å². The van der Waals surface area contributed by atoms with Gasteiger partial charge in [-0.2, -0.15) is 0 Å². The molecule has 2 aliphatic rings. The number of hydrogen-bond donors (Lipinski definition) is 2. The number of likely N-dealkylation sites (tertiary alicyclic amines) is 1. The van der Waals surface area contributed by atoms with Gasteiger partial charge in [0.2, 0.25) is 0 Å². The number of rotatable bonds is 8. The van der Waals surface area contributed by atoms with Gasteiger partial charge in [0.05, 0.1) is 32.1 Å². The third kappa shape index (κ3) is 5.77. The van der Waals surface area contributed by atoms with E-state index in [1.54, 1.807) is 6.26 Å². The van der Waals surface area contributed by atoms with Gasteiger partial charge >= 0.3 is 0 Å². The maximum atomic E-state index is 5.75. The highest BCUT2D eigenvalue weighted by atomic mass is 16.5. The molecule has 0 saturated carbocycles. The molecule has 2 saturated heterocycles. The monoisotopic (exact) mass is 426 g/mol. The van der Waals surface area contributed by atoms with Crippen molar-refractivity contribution in [3.63, 3.8) is 0 Å². The summed E-state index contributed by atoms with van der Waals surface area (Å²) in [5.41, 5.74) is 1.13. The highest BCUT2D eigenvalue weighted by molar-refractivity contribution is 5.79. The first-order chi connectivity index (χ1) is 15.3. The van der Waals surface area contributed by atoms with Gasteiger partial charge in [0.25, 0.3) is 0 Å². The Morgan fingerprint density at radius 1 is 1.13 bits per heavy atom. The van der Waals surface area contributed by atoms with Gasteiger partial charge in [-0.1, -0.05) is 6.07 Å².